The van der Waals surface area contributed by atoms with Crippen molar-refractivity contribution in [1.29, 1.82) is 0 Å². The summed E-state index contributed by atoms with van der Waals surface area (Å²) in [5.74, 6) is -2.80. The van der Waals surface area contributed by atoms with Gasteiger partial charge in [-0.15, -0.1) is 0 Å². The minimum absolute atomic E-state index is 0.0750. The average molecular weight is 389 g/mol. The predicted molar refractivity (Wildman–Crippen MR) is 92.1 cm³/mol. The van der Waals surface area contributed by atoms with Crippen LogP contribution in [0.1, 0.15) is 55.8 Å². The minimum Gasteiger partial charge on any atom is -0.388 e. The molecule has 0 saturated heterocycles. The Kier molecular flexibility index (Phi) is 7.00. The van der Waals surface area contributed by atoms with Crippen molar-refractivity contribution in [3.05, 3.63) is 41.2 Å². The van der Waals surface area contributed by atoms with E-state index in [0.29, 0.717) is 18.4 Å². The molecule has 1 atom stereocenters. The number of halogens is 4. The van der Waals surface area contributed by atoms with Gasteiger partial charge in [0.15, 0.2) is 0 Å². The second-order valence-corrected chi connectivity index (χ2v) is 6.84. The molecule has 0 aliphatic heterocycles. The lowest BCUT2D eigenvalue weighted by molar-refractivity contribution is -0.173. The van der Waals surface area contributed by atoms with Gasteiger partial charge in [0, 0.05) is 12.1 Å². The Labute approximate surface area is 154 Å². The van der Waals surface area contributed by atoms with Crippen LogP contribution in [-0.4, -0.2) is 34.4 Å². The van der Waals surface area contributed by atoms with Gasteiger partial charge in [0.25, 0.3) is 0 Å². The number of carbonyl (C=O) groups is 1. The first-order chi connectivity index (χ1) is 12.6. The Morgan fingerprint density at radius 3 is 2.56 bits per heavy atom. The number of alkyl halides is 3. The molecule has 8 heteroatoms. The molecule has 0 aromatic heterocycles. The van der Waals surface area contributed by atoms with Gasteiger partial charge in [0.1, 0.15) is 5.82 Å². The van der Waals surface area contributed by atoms with Gasteiger partial charge in [-0.3, -0.25) is 4.79 Å². The standard InChI is InChI=1S/C19H23F4NO3/c20-15-5-4-13(6-10-18(27)8-2-1-3-9-18)12-14(15)16(25)7-11-24-17(26)19(21,22)23/h4-6,10,12,16,25,27H,1-3,7-9,11H2,(H,24,26)/b10-6+. The van der Waals surface area contributed by atoms with Crippen LogP contribution in [-0.2, 0) is 4.79 Å². The minimum atomic E-state index is -5.00. The largest absolute Gasteiger partial charge is 0.471 e. The van der Waals surface area contributed by atoms with Crippen molar-refractivity contribution >= 4 is 12.0 Å². The number of benzene rings is 1. The molecule has 27 heavy (non-hydrogen) atoms. The van der Waals surface area contributed by atoms with Gasteiger partial charge in [-0.2, -0.15) is 13.2 Å². The van der Waals surface area contributed by atoms with Crippen LogP contribution in [0, 0.1) is 5.82 Å². The third-order valence-corrected chi connectivity index (χ3v) is 4.65. The highest BCUT2D eigenvalue weighted by molar-refractivity contribution is 5.81. The summed E-state index contributed by atoms with van der Waals surface area (Å²) in [5.41, 5.74) is -0.411. The number of rotatable bonds is 6. The second-order valence-electron chi connectivity index (χ2n) is 6.84. The van der Waals surface area contributed by atoms with Crippen molar-refractivity contribution in [2.45, 2.75) is 56.4 Å². The van der Waals surface area contributed by atoms with Crippen LogP contribution in [0.3, 0.4) is 0 Å². The highest BCUT2D eigenvalue weighted by Gasteiger charge is 2.38. The summed E-state index contributed by atoms with van der Waals surface area (Å²) in [4.78, 5) is 10.7. The van der Waals surface area contributed by atoms with Crippen LogP contribution >= 0.6 is 0 Å². The van der Waals surface area contributed by atoms with E-state index in [0.717, 1.165) is 25.3 Å². The number of hydrogen-bond donors (Lipinski definition) is 3. The molecule has 1 aromatic rings. The fourth-order valence-corrected chi connectivity index (χ4v) is 3.08. The van der Waals surface area contributed by atoms with Crippen molar-refractivity contribution in [2.75, 3.05) is 6.54 Å². The predicted octanol–water partition coefficient (Wildman–Crippen LogP) is 3.64. The highest BCUT2D eigenvalue weighted by atomic mass is 19.4. The Morgan fingerprint density at radius 1 is 1.26 bits per heavy atom. The molecule has 1 saturated carbocycles. The molecule has 1 aliphatic carbocycles. The van der Waals surface area contributed by atoms with E-state index in [1.807, 2.05) is 0 Å². The first kappa shape index (κ1) is 21.4. The normalized spacial score (nSPS) is 18.4. The highest BCUT2D eigenvalue weighted by Crippen LogP contribution is 2.30. The summed E-state index contributed by atoms with van der Waals surface area (Å²) in [5, 5.41) is 22.2. The van der Waals surface area contributed by atoms with E-state index in [1.54, 1.807) is 17.5 Å². The number of amides is 1. The summed E-state index contributed by atoms with van der Waals surface area (Å²) in [6.07, 6.45) is 0.911. The molecule has 1 fully saturated rings. The zero-order valence-electron chi connectivity index (χ0n) is 14.7. The van der Waals surface area contributed by atoms with E-state index < -0.39 is 36.2 Å². The van der Waals surface area contributed by atoms with Crippen LogP contribution in [0.2, 0.25) is 0 Å². The summed E-state index contributed by atoms with van der Waals surface area (Å²) >= 11 is 0. The second kappa shape index (κ2) is 8.84. The molecular formula is C19H23F4NO3. The lowest BCUT2D eigenvalue weighted by atomic mass is 9.84. The Bertz CT molecular complexity index is 682. The fourth-order valence-electron chi connectivity index (χ4n) is 3.08. The van der Waals surface area contributed by atoms with Crippen molar-refractivity contribution in [1.82, 2.24) is 5.32 Å². The van der Waals surface area contributed by atoms with Gasteiger partial charge in [-0.05, 0) is 37.0 Å². The van der Waals surface area contributed by atoms with Crippen LogP contribution < -0.4 is 5.32 Å². The molecule has 0 heterocycles. The number of carbonyl (C=O) groups excluding carboxylic acids is 1. The lowest BCUT2D eigenvalue weighted by Gasteiger charge is -2.28. The summed E-state index contributed by atoms with van der Waals surface area (Å²) in [7, 11) is 0. The maximum absolute atomic E-state index is 14.0. The molecule has 2 rings (SSSR count). The van der Waals surface area contributed by atoms with Crippen LogP contribution in [0.25, 0.3) is 6.08 Å². The molecule has 1 unspecified atom stereocenters. The van der Waals surface area contributed by atoms with E-state index in [-0.39, 0.29) is 12.0 Å². The van der Waals surface area contributed by atoms with E-state index >= 15 is 0 Å². The first-order valence-corrected chi connectivity index (χ1v) is 8.85. The summed E-state index contributed by atoms with van der Waals surface area (Å²) < 4.78 is 50.3. The molecule has 3 N–H and O–H groups in total. The first-order valence-electron chi connectivity index (χ1n) is 8.85. The Hall–Kier alpha value is -1.93. The molecule has 4 nitrogen and oxygen atoms in total. The molecular weight excluding hydrogens is 366 g/mol. The van der Waals surface area contributed by atoms with Gasteiger partial charge in [0.2, 0.25) is 0 Å². The van der Waals surface area contributed by atoms with E-state index in [4.69, 9.17) is 0 Å². The number of nitrogens with one attached hydrogen (secondary N) is 1. The number of aliphatic hydroxyl groups is 2. The number of aliphatic hydroxyl groups excluding tert-OH is 1. The van der Waals surface area contributed by atoms with Gasteiger partial charge >= 0.3 is 12.1 Å². The van der Waals surface area contributed by atoms with Crippen molar-refractivity contribution < 1.29 is 32.6 Å². The Balaban J connectivity index is 2.00. The average Bonchev–Trinajstić information content (AvgIpc) is 2.60. The van der Waals surface area contributed by atoms with Crippen molar-refractivity contribution in [3.63, 3.8) is 0 Å². The lowest BCUT2D eigenvalue weighted by Crippen LogP contribution is -2.37. The van der Waals surface area contributed by atoms with Crippen LogP contribution in [0.5, 0.6) is 0 Å². The monoisotopic (exact) mass is 389 g/mol. The third-order valence-electron chi connectivity index (χ3n) is 4.65. The molecule has 0 spiro atoms. The molecule has 0 bridgehead atoms. The van der Waals surface area contributed by atoms with E-state index in [1.165, 1.54) is 12.1 Å². The maximum atomic E-state index is 14.0. The molecule has 0 radical (unpaired) electrons. The zero-order valence-corrected chi connectivity index (χ0v) is 14.7. The van der Waals surface area contributed by atoms with Gasteiger partial charge in [-0.25, -0.2) is 4.39 Å². The topological polar surface area (TPSA) is 69.6 Å². The molecule has 1 amide bonds. The van der Waals surface area contributed by atoms with Gasteiger partial charge in [0.05, 0.1) is 11.7 Å². The number of hydrogen-bond acceptors (Lipinski definition) is 3. The summed E-state index contributed by atoms with van der Waals surface area (Å²) in [6.45, 7) is -0.446. The summed E-state index contributed by atoms with van der Waals surface area (Å²) in [6, 6.07) is 4.02. The van der Waals surface area contributed by atoms with Crippen molar-refractivity contribution in [2.24, 2.45) is 0 Å². The third kappa shape index (κ3) is 6.32. The van der Waals surface area contributed by atoms with Gasteiger partial charge < -0.3 is 15.5 Å². The smallest absolute Gasteiger partial charge is 0.388 e. The zero-order chi connectivity index (χ0) is 20.1. The van der Waals surface area contributed by atoms with Crippen LogP contribution in [0.4, 0.5) is 17.6 Å². The van der Waals surface area contributed by atoms with Gasteiger partial charge in [-0.1, -0.05) is 37.5 Å². The fraction of sp³-hybridized carbons (Fsp3) is 0.526. The van der Waals surface area contributed by atoms with Crippen LogP contribution in [0.15, 0.2) is 24.3 Å². The molecule has 1 aliphatic rings. The van der Waals surface area contributed by atoms with Crippen molar-refractivity contribution in [3.8, 4) is 0 Å². The molecule has 150 valence electrons. The maximum Gasteiger partial charge on any atom is 0.471 e. The Morgan fingerprint density at radius 2 is 1.93 bits per heavy atom. The SMILES string of the molecule is O=C(NCCC(O)c1cc(/C=C/C2(O)CCCCC2)ccc1F)C(F)(F)F. The quantitative estimate of drug-likeness (QED) is 0.651. The molecule has 1 aromatic carbocycles. The van der Waals surface area contributed by atoms with E-state index in [9.17, 15) is 32.6 Å². The van der Waals surface area contributed by atoms with E-state index in [2.05, 4.69) is 0 Å².